The summed E-state index contributed by atoms with van der Waals surface area (Å²) in [5.41, 5.74) is 1.36. The minimum Gasteiger partial charge on any atom is -0.368 e. The Morgan fingerprint density at radius 3 is 2.18 bits per heavy atom. The topological polar surface area (TPSA) is 6.48 Å². The Hall–Kier alpha value is -1.02. The van der Waals surface area contributed by atoms with Crippen LogP contribution < -0.4 is 4.90 Å². The average Bonchev–Trinajstić information content (AvgIpc) is 2.35. The largest absolute Gasteiger partial charge is 0.368 e. The van der Waals surface area contributed by atoms with Gasteiger partial charge in [0.15, 0.2) is 0 Å². The molecule has 1 heterocycles. The van der Waals surface area contributed by atoms with Gasteiger partial charge in [-0.3, -0.25) is 4.90 Å². The Labute approximate surface area is 105 Å². The first-order chi connectivity index (χ1) is 8.22. The fourth-order valence-corrected chi connectivity index (χ4v) is 2.91. The molecule has 0 spiro atoms. The van der Waals surface area contributed by atoms with Gasteiger partial charge in [0, 0.05) is 30.9 Å². The second-order valence-electron chi connectivity index (χ2n) is 5.18. The normalized spacial score (nSPS) is 26.2. The van der Waals surface area contributed by atoms with Crippen LogP contribution in [-0.4, -0.2) is 36.6 Å². The smallest absolute Gasteiger partial charge is 0.0367 e. The van der Waals surface area contributed by atoms with Crippen molar-refractivity contribution >= 4 is 5.69 Å². The van der Waals surface area contributed by atoms with E-state index in [1.54, 1.807) is 0 Å². The standard InChI is InChI=1S/C15H24N2/c1-4-10-17-13(2)11-16(12-14(17)3)15-8-6-5-7-9-15/h5-9,13-14H,4,10-12H2,1-3H3/t13-,14+. The van der Waals surface area contributed by atoms with E-state index in [0.29, 0.717) is 12.1 Å². The Kier molecular flexibility index (Phi) is 4.06. The summed E-state index contributed by atoms with van der Waals surface area (Å²) in [5.74, 6) is 0. The van der Waals surface area contributed by atoms with Crippen molar-refractivity contribution in [3.63, 3.8) is 0 Å². The van der Waals surface area contributed by atoms with E-state index in [0.717, 1.165) is 13.1 Å². The number of para-hydroxylation sites is 1. The molecule has 2 rings (SSSR count). The number of hydrogen-bond acceptors (Lipinski definition) is 2. The van der Waals surface area contributed by atoms with Crippen molar-refractivity contribution in [1.29, 1.82) is 0 Å². The van der Waals surface area contributed by atoms with Gasteiger partial charge in [-0.05, 0) is 38.9 Å². The summed E-state index contributed by atoms with van der Waals surface area (Å²) >= 11 is 0. The van der Waals surface area contributed by atoms with Gasteiger partial charge in [0.1, 0.15) is 0 Å². The zero-order valence-corrected chi connectivity index (χ0v) is 11.3. The molecule has 1 fully saturated rings. The molecule has 17 heavy (non-hydrogen) atoms. The van der Waals surface area contributed by atoms with Crippen LogP contribution in [-0.2, 0) is 0 Å². The summed E-state index contributed by atoms with van der Waals surface area (Å²) in [6.45, 7) is 10.5. The van der Waals surface area contributed by atoms with Crippen molar-refractivity contribution in [3.05, 3.63) is 30.3 Å². The first-order valence-corrected chi connectivity index (χ1v) is 6.78. The minimum atomic E-state index is 0.652. The zero-order chi connectivity index (χ0) is 12.3. The molecular formula is C15H24N2. The molecule has 0 amide bonds. The van der Waals surface area contributed by atoms with E-state index >= 15 is 0 Å². The van der Waals surface area contributed by atoms with Crippen molar-refractivity contribution in [2.45, 2.75) is 39.3 Å². The van der Waals surface area contributed by atoms with E-state index in [1.165, 1.54) is 18.7 Å². The van der Waals surface area contributed by atoms with Crippen molar-refractivity contribution in [3.8, 4) is 0 Å². The molecule has 0 aliphatic carbocycles. The second-order valence-corrected chi connectivity index (χ2v) is 5.18. The van der Waals surface area contributed by atoms with Crippen LogP contribution in [0, 0.1) is 0 Å². The zero-order valence-electron chi connectivity index (χ0n) is 11.3. The molecule has 0 radical (unpaired) electrons. The third kappa shape index (κ3) is 2.81. The van der Waals surface area contributed by atoms with Crippen molar-refractivity contribution in [1.82, 2.24) is 4.90 Å². The second kappa shape index (κ2) is 5.54. The van der Waals surface area contributed by atoms with Crippen LogP contribution in [0.4, 0.5) is 5.69 Å². The number of anilines is 1. The van der Waals surface area contributed by atoms with Gasteiger partial charge >= 0.3 is 0 Å². The van der Waals surface area contributed by atoms with Gasteiger partial charge in [0.2, 0.25) is 0 Å². The Morgan fingerprint density at radius 1 is 1.06 bits per heavy atom. The first-order valence-electron chi connectivity index (χ1n) is 6.78. The lowest BCUT2D eigenvalue weighted by molar-refractivity contribution is 0.132. The molecule has 1 aromatic carbocycles. The minimum absolute atomic E-state index is 0.652. The molecular weight excluding hydrogens is 208 g/mol. The molecule has 2 heteroatoms. The third-order valence-electron chi connectivity index (χ3n) is 3.70. The number of rotatable bonds is 3. The van der Waals surface area contributed by atoms with E-state index in [4.69, 9.17) is 0 Å². The lowest BCUT2D eigenvalue weighted by atomic mass is 10.1. The lowest BCUT2D eigenvalue weighted by Crippen LogP contribution is -2.56. The third-order valence-corrected chi connectivity index (χ3v) is 3.70. The molecule has 1 aliphatic heterocycles. The number of piperazine rings is 1. The van der Waals surface area contributed by atoms with E-state index in [-0.39, 0.29) is 0 Å². The van der Waals surface area contributed by atoms with Crippen molar-refractivity contribution in [2.24, 2.45) is 0 Å². The molecule has 2 atom stereocenters. The van der Waals surface area contributed by atoms with Crippen molar-refractivity contribution < 1.29 is 0 Å². The molecule has 0 unspecified atom stereocenters. The Morgan fingerprint density at radius 2 is 1.65 bits per heavy atom. The van der Waals surface area contributed by atoms with E-state index < -0.39 is 0 Å². The molecule has 0 bridgehead atoms. The van der Waals surface area contributed by atoms with Crippen LogP contribution in [0.1, 0.15) is 27.2 Å². The molecule has 0 N–H and O–H groups in total. The number of nitrogens with zero attached hydrogens (tertiary/aromatic N) is 2. The molecule has 1 aromatic rings. The van der Waals surface area contributed by atoms with Gasteiger partial charge in [-0.1, -0.05) is 25.1 Å². The molecule has 2 nitrogen and oxygen atoms in total. The van der Waals surface area contributed by atoms with Gasteiger partial charge < -0.3 is 4.90 Å². The van der Waals surface area contributed by atoms with E-state index in [1.807, 2.05) is 0 Å². The molecule has 94 valence electrons. The summed E-state index contributed by atoms with van der Waals surface area (Å²) in [4.78, 5) is 5.15. The molecule has 0 saturated carbocycles. The summed E-state index contributed by atoms with van der Waals surface area (Å²) in [6.07, 6.45) is 1.25. The van der Waals surface area contributed by atoms with Crippen LogP contribution in [0.15, 0.2) is 30.3 Å². The van der Waals surface area contributed by atoms with Gasteiger partial charge in [0.05, 0.1) is 0 Å². The molecule has 1 aliphatic rings. The monoisotopic (exact) mass is 232 g/mol. The van der Waals surface area contributed by atoms with E-state index in [9.17, 15) is 0 Å². The van der Waals surface area contributed by atoms with Crippen LogP contribution >= 0.6 is 0 Å². The van der Waals surface area contributed by atoms with Crippen LogP contribution in [0.5, 0.6) is 0 Å². The Bertz CT molecular complexity index is 324. The van der Waals surface area contributed by atoms with Crippen LogP contribution in [0.2, 0.25) is 0 Å². The predicted octanol–water partition coefficient (Wildman–Crippen LogP) is 3.00. The number of benzene rings is 1. The van der Waals surface area contributed by atoms with E-state index in [2.05, 4.69) is 60.9 Å². The highest BCUT2D eigenvalue weighted by atomic mass is 15.3. The maximum absolute atomic E-state index is 2.64. The average molecular weight is 232 g/mol. The maximum atomic E-state index is 2.64. The number of hydrogen-bond donors (Lipinski definition) is 0. The quantitative estimate of drug-likeness (QED) is 0.790. The summed E-state index contributed by atoms with van der Waals surface area (Å²) in [6, 6.07) is 12.1. The fraction of sp³-hybridized carbons (Fsp3) is 0.600. The summed E-state index contributed by atoms with van der Waals surface area (Å²) in [7, 11) is 0. The maximum Gasteiger partial charge on any atom is 0.0367 e. The fourth-order valence-electron chi connectivity index (χ4n) is 2.91. The van der Waals surface area contributed by atoms with Crippen LogP contribution in [0.25, 0.3) is 0 Å². The van der Waals surface area contributed by atoms with Crippen molar-refractivity contribution in [2.75, 3.05) is 24.5 Å². The SMILES string of the molecule is CCCN1[C@H](C)CN(c2ccccc2)C[C@@H]1C. The Balaban J connectivity index is 2.06. The van der Waals surface area contributed by atoms with Crippen LogP contribution in [0.3, 0.4) is 0 Å². The molecule has 1 saturated heterocycles. The molecule has 0 aromatic heterocycles. The van der Waals surface area contributed by atoms with Gasteiger partial charge in [-0.15, -0.1) is 0 Å². The van der Waals surface area contributed by atoms with Gasteiger partial charge in [0.25, 0.3) is 0 Å². The summed E-state index contributed by atoms with van der Waals surface area (Å²) in [5, 5.41) is 0. The predicted molar refractivity (Wildman–Crippen MR) is 74.6 cm³/mol. The highest BCUT2D eigenvalue weighted by Crippen LogP contribution is 2.22. The highest BCUT2D eigenvalue weighted by molar-refractivity contribution is 5.46. The first kappa shape index (κ1) is 12.4. The van der Waals surface area contributed by atoms with Gasteiger partial charge in [-0.2, -0.15) is 0 Å². The summed E-state index contributed by atoms with van der Waals surface area (Å²) < 4.78 is 0. The highest BCUT2D eigenvalue weighted by Gasteiger charge is 2.28. The lowest BCUT2D eigenvalue weighted by Gasteiger charge is -2.45. The van der Waals surface area contributed by atoms with Gasteiger partial charge in [-0.25, -0.2) is 0 Å².